The lowest BCUT2D eigenvalue weighted by atomic mass is 10.1. The van der Waals surface area contributed by atoms with Crippen molar-refractivity contribution in [2.45, 2.75) is 6.10 Å². The molecule has 26 heavy (non-hydrogen) atoms. The zero-order valence-corrected chi connectivity index (χ0v) is 14.6. The summed E-state index contributed by atoms with van der Waals surface area (Å²) in [7, 11) is 0. The average Bonchev–Trinajstić information content (AvgIpc) is 3.09. The molecule has 1 amide bonds. The van der Waals surface area contributed by atoms with Crippen LogP contribution in [0.15, 0.2) is 54.6 Å². The van der Waals surface area contributed by atoms with E-state index in [1.54, 1.807) is 18.2 Å². The highest BCUT2D eigenvalue weighted by molar-refractivity contribution is 5.96. The third-order valence-electron chi connectivity index (χ3n) is 4.31. The predicted octanol–water partition coefficient (Wildman–Crippen LogP) is 1.45. The van der Waals surface area contributed by atoms with Crippen molar-refractivity contribution in [2.75, 3.05) is 32.8 Å². The number of para-hydroxylation sites is 2. The molecule has 1 heterocycles. The summed E-state index contributed by atoms with van der Waals surface area (Å²) in [5, 5.41) is 15.8. The van der Waals surface area contributed by atoms with Crippen molar-refractivity contribution in [1.29, 1.82) is 0 Å². The first-order chi connectivity index (χ1) is 12.7. The monoisotopic (exact) mass is 356 g/mol. The largest absolute Gasteiger partial charge is 0.490 e. The van der Waals surface area contributed by atoms with E-state index < -0.39 is 6.10 Å². The van der Waals surface area contributed by atoms with Crippen molar-refractivity contribution < 1.29 is 19.4 Å². The van der Waals surface area contributed by atoms with Crippen molar-refractivity contribution >= 4 is 5.91 Å². The number of hydrogen-bond donors (Lipinski definition) is 3. The number of rotatable bonds is 8. The SMILES string of the molecule is O=C(NCC1CNCC1O)c1ccccc1OCCOc1ccccc1. The average molecular weight is 356 g/mol. The maximum Gasteiger partial charge on any atom is 0.255 e. The van der Waals surface area contributed by atoms with E-state index in [2.05, 4.69) is 10.6 Å². The van der Waals surface area contributed by atoms with Gasteiger partial charge in [0.25, 0.3) is 5.91 Å². The second-order valence-electron chi connectivity index (χ2n) is 6.20. The number of aliphatic hydroxyl groups is 1. The lowest BCUT2D eigenvalue weighted by Crippen LogP contribution is -2.34. The molecule has 6 nitrogen and oxygen atoms in total. The zero-order valence-electron chi connectivity index (χ0n) is 14.6. The number of aliphatic hydroxyl groups excluding tert-OH is 1. The first-order valence-corrected chi connectivity index (χ1v) is 8.80. The number of benzene rings is 2. The molecule has 0 radical (unpaired) electrons. The highest BCUT2D eigenvalue weighted by Gasteiger charge is 2.25. The third kappa shape index (κ3) is 4.97. The number of ether oxygens (including phenoxy) is 2. The molecular formula is C20H24N2O4. The summed E-state index contributed by atoms with van der Waals surface area (Å²) in [6.07, 6.45) is -0.420. The fraction of sp³-hybridized carbons (Fsp3) is 0.350. The van der Waals surface area contributed by atoms with Crippen LogP contribution >= 0.6 is 0 Å². The Bertz CT molecular complexity index is 708. The van der Waals surface area contributed by atoms with E-state index in [-0.39, 0.29) is 11.8 Å². The zero-order chi connectivity index (χ0) is 18.2. The van der Waals surface area contributed by atoms with Crippen LogP contribution in [0, 0.1) is 5.92 Å². The molecule has 0 saturated carbocycles. The molecule has 0 spiro atoms. The number of β-amino-alcohol motifs (C(OH)–C–C–N with tert-alkyl or cyclic N) is 1. The summed E-state index contributed by atoms with van der Waals surface area (Å²) in [5.74, 6) is 1.13. The van der Waals surface area contributed by atoms with Gasteiger partial charge in [0.15, 0.2) is 0 Å². The Kier molecular flexibility index (Phi) is 6.46. The van der Waals surface area contributed by atoms with Crippen LogP contribution in [0.1, 0.15) is 10.4 Å². The minimum Gasteiger partial charge on any atom is -0.490 e. The molecule has 138 valence electrons. The maximum absolute atomic E-state index is 12.5. The fourth-order valence-corrected chi connectivity index (χ4v) is 2.85. The molecule has 3 N–H and O–H groups in total. The van der Waals surface area contributed by atoms with Crippen LogP contribution in [0.4, 0.5) is 0 Å². The first-order valence-electron chi connectivity index (χ1n) is 8.80. The molecule has 1 aliphatic heterocycles. The second-order valence-corrected chi connectivity index (χ2v) is 6.20. The molecular weight excluding hydrogens is 332 g/mol. The molecule has 1 saturated heterocycles. The van der Waals surface area contributed by atoms with Crippen molar-refractivity contribution in [3.8, 4) is 11.5 Å². The van der Waals surface area contributed by atoms with Gasteiger partial charge in [-0.25, -0.2) is 0 Å². The highest BCUT2D eigenvalue weighted by Crippen LogP contribution is 2.18. The van der Waals surface area contributed by atoms with Gasteiger partial charge in [-0.1, -0.05) is 30.3 Å². The summed E-state index contributed by atoms with van der Waals surface area (Å²) < 4.78 is 11.3. The van der Waals surface area contributed by atoms with Crippen LogP contribution in [0.2, 0.25) is 0 Å². The number of nitrogens with one attached hydrogen (secondary N) is 2. The van der Waals surface area contributed by atoms with Gasteiger partial charge in [0.1, 0.15) is 24.7 Å². The predicted molar refractivity (Wildman–Crippen MR) is 98.6 cm³/mol. The summed E-state index contributed by atoms with van der Waals surface area (Å²) >= 11 is 0. The Morgan fingerprint density at radius 1 is 1.04 bits per heavy atom. The van der Waals surface area contributed by atoms with Crippen LogP contribution in [0.5, 0.6) is 11.5 Å². The number of carbonyl (C=O) groups is 1. The van der Waals surface area contributed by atoms with Gasteiger partial charge in [-0.2, -0.15) is 0 Å². The van der Waals surface area contributed by atoms with Crippen LogP contribution < -0.4 is 20.1 Å². The Morgan fingerprint density at radius 2 is 1.77 bits per heavy atom. The van der Waals surface area contributed by atoms with Crippen molar-refractivity contribution in [3.05, 3.63) is 60.2 Å². The van der Waals surface area contributed by atoms with Gasteiger partial charge in [0.05, 0.1) is 11.7 Å². The number of amides is 1. The summed E-state index contributed by atoms with van der Waals surface area (Å²) in [6.45, 7) is 2.43. The van der Waals surface area contributed by atoms with Crippen LogP contribution in [-0.4, -0.2) is 50.0 Å². The molecule has 2 atom stereocenters. The van der Waals surface area contributed by atoms with E-state index in [1.165, 1.54) is 0 Å². The van der Waals surface area contributed by atoms with Gasteiger partial charge in [0, 0.05) is 25.6 Å². The van der Waals surface area contributed by atoms with E-state index in [4.69, 9.17) is 9.47 Å². The second kappa shape index (κ2) is 9.22. The number of carbonyl (C=O) groups excluding carboxylic acids is 1. The summed E-state index contributed by atoms with van der Waals surface area (Å²) in [4.78, 5) is 12.5. The minimum absolute atomic E-state index is 0.0336. The topological polar surface area (TPSA) is 79.8 Å². The highest BCUT2D eigenvalue weighted by atomic mass is 16.5. The standard InChI is InChI=1S/C20H24N2O4/c23-18-14-21-12-15(18)13-22-20(24)17-8-4-5-9-19(17)26-11-10-25-16-6-2-1-3-7-16/h1-9,15,18,21,23H,10-14H2,(H,22,24). The smallest absolute Gasteiger partial charge is 0.255 e. The van der Waals surface area contributed by atoms with Crippen molar-refractivity contribution in [1.82, 2.24) is 10.6 Å². The molecule has 0 aliphatic carbocycles. The lowest BCUT2D eigenvalue weighted by Gasteiger charge is -2.16. The van der Waals surface area contributed by atoms with Gasteiger partial charge in [-0.05, 0) is 24.3 Å². The molecule has 2 unspecified atom stereocenters. The molecule has 1 aliphatic rings. The van der Waals surface area contributed by atoms with Gasteiger partial charge >= 0.3 is 0 Å². The third-order valence-corrected chi connectivity index (χ3v) is 4.31. The van der Waals surface area contributed by atoms with E-state index in [0.29, 0.717) is 44.2 Å². The quantitative estimate of drug-likeness (QED) is 0.624. The molecule has 0 bridgehead atoms. The molecule has 3 rings (SSSR count). The first kappa shape index (κ1) is 18.2. The molecule has 2 aromatic carbocycles. The molecule has 2 aromatic rings. The van der Waals surface area contributed by atoms with E-state index in [1.807, 2.05) is 36.4 Å². The minimum atomic E-state index is -0.420. The van der Waals surface area contributed by atoms with Gasteiger partial charge in [-0.3, -0.25) is 4.79 Å². The van der Waals surface area contributed by atoms with Gasteiger partial charge < -0.3 is 25.2 Å². The fourth-order valence-electron chi connectivity index (χ4n) is 2.85. The van der Waals surface area contributed by atoms with Crippen molar-refractivity contribution in [2.24, 2.45) is 5.92 Å². The summed E-state index contributed by atoms with van der Waals surface area (Å²) in [5.41, 5.74) is 0.479. The normalized spacial score (nSPS) is 19.1. The number of hydrogen-bond acceptors (Lipinski definition) is 5. The van der Waals surface area contributed by atoms with Crippen LogP contribution in [0.3, 0.4) is 0 Å². The van der Waals surface area contributed by atoms with E-state index in [9.17, 15) is 9.90 Å². The van der Waals surface area contributed by atoms with Gasteiger partial charge in [0.2, 0.25) is 0 Å². The lowest BCUT2D eigenvalue weighted by molar-refractivity contribution is 0.0922. The molecule has 0 aromatic heterocycles. The van der Waals surface area contributed by atoms with Crippen molar-refractivity contribution in [3.63, 3.8) is 0 Å². The van der Waals surface area contributed by atoms with Crippen LogP contribution in [0.25, 0.3) is 0 Å². The Balaban J connectivity index is 1.49. The Hall–Kier alpha value is -2.57. The van der Waals surface area contributed by atoms with E-state index >= 15 is 0 Å². The van der Waals surface area contributed by atoms with Gasteiger partial charge in [-0.15, -0.1) is 0 Å². The van der Waals surface area contributed by atoms with E-state index in [0.717, 1.165) is 5.75 Å². The Morgan fingerprint density at radius 3 is 2.54 bits per heavy atom. The Labute approximate surface area is 153 Å². The van der Waals surface area contributed by atoms with Crippen LogP contribution in [-0.2, 0) is 0 Å². The molecule has 6 heteroatoms. The summed E-state index contributed by atoms with van der Waals surface area (Å²) in [6, 6.07) is 16.6. The maximum atomic E-state index is 12.5. The molecule has 1 fully saturated rings.